The molecule has 0 saturated heterocycles. The normalized spacial score (nSPS) is 25.1. The van der Waals surface area contributed by atoms with Gasteiger partial charge in [0.05, 0.1) is 5.92 Å². The van der Waals surface area contributed by atoms with Crippen LogP contribution in [0.3, 0.4) is 0 Å². The van der Waals surface area contributed by atoms with E-state index in [0.717, 1.165) is 24.8 Å². The third-order valence-corrected chi connectivity index (χ3v) is 5.16. The van der Waals surface area contributed by atoms with Crippen molar-refractivity contribution in [1.82, 2.24) is 9.97 Å². The van der Waals surface area contributed by atoms with Gasteiger partial charge in [0.25, 0.3) is 0 Å². The number of aromatic nitrogens is 2. The van der Waals surface area contributed by atoms with Crippen LogP contribution < -0.4 is 0 Å². The van der Waals surface area contributed by atoms with Crippen LogP contribution in [0.4, 0.5) is 0 Å². The number of hydrogen-bond acceptors (Lipinski definition) is 4. The molecule has 1 aromatic rings. The van der Waals surface area contributed by atoms with E-state index in [1.54, 1.807) is 12.4 Å². The van der Waals surface area contributed by atoms with E-state index in [1.165, 1.54) is 0 Å². The van der Waals surface area contributed by atoms with E-state index in [2.05, 4.69) is 51.5 Å². The summed E-state index contributed by atoms with van der Waals surface area (Å²) in [6.45, 7) is 14.7. The second-order valence-electron chi connectivity index (χ2n) is 9.85. The van der Waals surface area contributed by atoms with Crippen molar-refractivity contribution >= 4 is 11.6 Å². The number of hydrogen-bond donors (Lipinski definition) is 0. The molecule has 1 heterocycles. The minimum atomic E-state index is -0.614. The van der Waals surface area contributed by atoms with Crippen molar-refractivity contribution in [3.63, 3.8) is 0 Å². The first-order valence-electron chi connectivity index (χ1n) is 9.29. The van der Waals surface area contributed by atoms with Gasteiger partial charge in [0, 0.05) is 18.3 Å². The summed E-state index contributed by atoms with van der Waals surface area (Å²) in [5, 5.41) is 0. The third kappa shape index (κ3) is 4.74. The van der Waals surface area contributed by atoms with E-state index in [-0.39, 0.29) is 40.1 Å². The Morgan fingerprint density at radius 3 is 2.12 bits per heavy atom. The van der Waals surface area contributed by atoms with E-state index >= 15 is 0 Å². The lowest BCUT2D eigenvalue weighted by Crippen LogP contribution is -2.44. The molecule has 3 unspecified atom stereocenters. The standard InChI is InChI=1S/C21H32N2O2/c1-13-8-9-15(21(5,6)7)16(17(13)24)18(25)19-22-11-14(12-23-19)10-20(2,3)4/h11-13,15-16H,8-10H2,1-7H3. The third-order valence-electron chi connectivity index (χ3n) is 5.16. The molecule has 2 rings (SSSR count). The van der Waals surface area contributed by atoms with Crippen LogP contribution in [0.1, 0.15) is 77.5 Å². The second-order valence-corrected chi connectivity index (χ2v) is 9.85. The average Bonchev–Trinajstić information content (AvgIpc) is 2.47. The van der Waals surface area contributed by atoms with Gasteiger partial charge in [-0.2, -0.15) is 0 Å². The monoisotopic (exact) mass is 344 g/mol. The molecule has 4 nitrogen and oxygen atoms in total. The maximum atomic E-state index is 13.1. The molecule has 1 fully saturated rings. The first-order valence-corrected chi connectivity index (χ1v) is 9.29. The molecule has 0 radical (unpaired) electrons. The molecule has 0 amide bonds. The predicted molar refractivity (Wildman–Crippen MR) is 99.4 cm³/mol. The highest BCUT2D eigenvalue weighted by atomic mass is 16.2. The predicted octanol–water partition coefficient (Wildman–Crippen LogP) is 4.53. The van der Waals surface area contributed by atoms with Crippen LogP contribution in [0.5, 0.6) is 0 Å². The Balaban J connectivity index is 2.28. The Morgan fingerprint density at radius 1 is 1.08 bits per heavy atom. The summed E-state index contributed by atoms with van der Waals surface area (Å²) in [4.78, 5) is 34.4. The van der Waals surface area contributed by atoms with Gasteiger partial charge in [-0.15, -0.1) is 0 Å². The summed E-state index contributed by atoms with van der Waals surface area (Å²) in [6, 6.07) is 0. The SMILES string of the molecule is CC1CCC(C(C)(C)C)C(C(=O)c2ncc(CC(C)(C)C)cn2)C1=O. The molecule has 25 heavy (non-hydrogen) atoms. The highest BCUT2D eigenvalue weighted by Gasteiger charge is 2.46. The van der Waals surface area contributed by atoms with Crippen LogP contribution >= 0.6 is 0 Å². The Bertz CT molecular complexity index is 635. The fraction of sp³-hybridized carbons (Fsp3) is 0.714. The Labute approximate surface area is 151 Å². The van der Waals surface area contributed by atoms with Gasteiger partial charge in [-0.1, -0.05) is 48.5 Å². The minimum absolute atomic E-state index is 0.0431. The zero-order valence-electron chi connectivity index (χ0n) is 16.7. The molecule has 1 saturated carbocycles. The van der Waals surface area contributed by atoms with Gasteiger partial charge in [-0.05, 0) is 41.6 Å². The van der Waals surface area contributed by atoms with Crippen molar-refractivity contribution < 1.29 is 9.59 Å². The summed E-state index contributed by atoms with van der Waals surface area (Å²) in [7, 11) is 0. The molecule has 3 atom stereocenters. The van der Waals surface area contributed by atoms with Crippen molar-refractivity contribution in [2.24, 2.45) is 28.6 Å². The van der Waals surface area contributed by atoms with Gasteiger partial charge in [-0.25, -0.2) is 9.97 Å². The summed E-state index contributed by atoms with van der Waals surface area (Å²) in [5.74, 6) is -0.608. The quantitative estimate of drug-likeness (QED) is 0.597. The zero-order chi connectivity index (χ0) is 19.0. The molecule has 0 aliphatic heterocycles. The van der Waals surface area contributed by atoms with Crippen LogP contribution in [-0.4, -0.2) is 21.5 Å². The topological polar surface area (TPSA) is 59.9 Å². The molecule has 1 aliphatic carbocycles. The largest absolute Gasteiger partial charge is 0.299 e. The van der Waals surface area contributed by atoms with Crippen molar-refractivity contribution in [2.45, 2.75) is 67.7 Å². The maximum absolute atomic E-state index is 13.1. The molecule has 0 N–H and O–H groups in total. The van der Waals surface area contributed by atoms with Crippen molar-refractivity contribution in [3.8, 4) is 0 Å². The number of carbonyl (C=O) groups is 2. The van der Waals surface area contributed by atoms with E-state index < -0.39 is 5.92 Å². The number of ketones is 2. The highest BCUT2D eigenvalue weighted by molar-refractivity contribution is 6.10. The lowest BCUT2D eigenvalue weighted by molar-refractivity contribution is -0.131. The van der Waals surface area contributed by atoms with Crippen LogP contribution in [-0.2, 0) is 11.2 Å². The van der Waals surface area contributed by atoms with E-state index in [4.69, 9.17) is 0 Å². The molecular formula is C21H32N2O2. The summed E-state index contributed by atoms with van der Waals surface area (Å²) in [6.07, 6.45) is 6.07. The highest BCUT2D eigenvalue weighted by Crippen LogP contribution is 2.43. The number of nitrogens with zero attached hydrogens (tertiary/aromatic N) is 2. The fourth-order valence-corrected chi connectivity index (χ4v) is 3.81. The van der Waals surface area contributed by atoms with Gasteiger partial charge in [0.1, 0.15) is 5.78 Å². The minimum Gasteiger partial charge on any atom is -0.299 e. The molecule has 138 valence electrons. The van der Waals surface area contributed by atoms with Crippen molar-refractivity contribution in [3.05, 3.63) is 23.8 Å². The zero-order valence-corrected chi connectivity index (χ0v) is 16.7. The molecule has 1 aliphatic rings. The van der Waals surface area contributed by atoms with Crippen LogP contribution in [0.25, 0.3) is 0 Å². The second kappa shape index (κ2) is 6.97. The van der Waals surface area contributed by atoms with E-state index in [9.17, 15) is 9.59 Å². The summed E-state index contributed by atoms with van der Waals surface area (Å²) >= 11 is 0. The van der Waals surface area contributed by atoms with Gasteiger partial charge in [-0.3, -0.25) is 9.59 Å². The molecule has 0 spiro atoms. The smallest absolute Gasteiger partial charge is 0.210 e. The van der Waals surface area contributed by atoms with Crippen LogP contribution in [0, 0.1) is 28.6 Å². The Kier molecular flexibility index (Phi) is 5.50. The molecule has 0 bridgehead atoms. The fourth-order valence-electron chi connectivity index (χ4n) is 3.81. The first kappa shape index (κ1) is 19.7. The van der Waals surface area contributed by atoms with Gasteiger partial charge >= 0.3 is 0 Å². The number of carbonyl (C=O) groups excluding carboxylic acids is 2. The van der Waals surface area contributed by atoms with Crippen molar-refractivity contribution in [1.29, 1.82) is 0 Å². The molecular weight excluding hydrogens is 312 g/mol. The van der Waals surface area contributed by atoms with Gasteiger partial charge in [0.2, 0.25) is 5.78 Å². The molecule has 1 aromatic heterocycles. The lowest BCUT2D eigenvalue weighted by atomic mass is 9.62. The Morgan fingerprint density at radius 2 is 1.64 bits per heavy atom. The summed E-state index contributed by atoms with van der Waals surface area (Å²) < 4.78 is 0. The van der Waals surface area contributed by atoms with Crippen molar-refractivity contribution in [2.75, 3.05) is 0 Å². The van der Waals surface area contributed by atoms with E-state index in [1.807, 2.05) is 6.92 Å². The summed E-state index contributed by atoms with van der Waals surface area (Å²) in [5.41, 5.74) is 1.06. The average molecular weight is 344 g/mol. The Hall–Kier alpha value is -1.58. The van der Waals surface area contributed by atoms with Crippen LogP contribution in [0.15, 0.2) is 12.4 Å². The number of rotatable bonds is 3. The van der Waals surface area contributed by atoms with Gasteiger partial charge < -0.3 is 0 Å². The maximum Gasteiger partial charge on any atom is 0.210 e. The van der Waals surface area contributed by atoms with Crippen LogP contribution in [0.2, 0.25) is 0 Å². The molecule has 4 heteroatoms. The molecule has 0 aromatic carbocycles. The van der Waals surface area contributed by atoms with E-state index in [0.29, 0.717) is 0 Å². The van der Waals surface area contributed by atoms with Gasteiger partial charge in [0.15, 0.2) is 5.82 Å². The number of Topliss-reactive ketones (excluding diaryl/α,β-unsaturated/α-hetero) is 2. The lowest BCUT2D eigenvalue weighted by Gasteiger charge is -2.40. The first-order chi connectivity index (χ1) is 11.4.